The van der Waals surface area contributed by atoms with Gasteiger partial charge in [0, 0.05) is 3.57 Å². The number of allylic oxidation sites excluding steroid dienone is 1. The van der Waals surface area contributed by atoms with Crippen molar-refractivity contribution in [2.24, 2.45) is 0 Å². The van der Waals surface area contributed by atoms with Gasteiger partial charge in [0.15, 0.2) is 0 Å². The first-order valence-corrected chi connectivity index (χ1v) is 7.08. The summed E-state index contributed by atoms with van der Waals surface area (Å²) in [4.78, 5) is 0. The lowest BCUT2D eigenvalue weighted by molar-refractivity contribution is 0.209. The lowest BCUT2D eigenvalue weighted by Crippen LogP contribution is -2.04. The second-order valence-electron chi connectivity index (χ2n) is 4.45. The number of rotatable bonds is 2. The van der Waals surface area contributed by atoms with E-state index in [-0.39, 0.29) is 5.82 Å². The summed E-state index contributed by atoms with van der Waals surface area (Å²) in [6.45, 7) is 0. The van der Waals surface area contributed by atoms with Gasteiger partial charge < -0.3 is 5.11 Å². The molecule has 1 nitrogen and oxygen atoms in total. The minimum atomic E-state index is -0.569. The maximum Gasteiger partial charge on any atom is 0.124 e. The first kappa shape index (κ1) is 13.0. The van der Waals surface area contributed by atoms with Crippen molar-refractivity contribution in [2.75, 3.05) is 0 Å². The van der Waals surface area contributed by atoms with Gasteiger partial charge in [0.2, 0.25) is 0 Å². The summed E-state index contributed by atoms with van der Waals surface area (Å²) in [6, 6.07) is 4.57. The zero-order chi connectivity index (χ0) is 12.3. The van der Waals surface area contributed by atoms with Gasteiger partial charge in [-0.25, -0.2) is 4.39 Å². The Morgan fingerprint density at radius 2 is 2.06 bits per heavy atom. The van der Waals surface area contributed by atoms with E-state index in [1.807, 2.05) is 0 Å². The molecule has 0 saturated carbocycles. The van der Waals surface area contributed by atoms with Crippen LogP contribution in [0.15, 0.2) is 29.8 Å². The first-order valence-electron chi connectivity index (χ1n) is 6.00. The Morgan fingerprint density at radius 1 is 1.24 bits per heavy atom. The average Bonchev–Trinajstić information content (AvgIpc) is 2.56. The Bertz CT molecular complexity index is 428. The van der Waals surface area contributed by atoms with Crippen molar-refractivity contribution in [3.8, 4) is 0 Å². The molecule has 1 unspecified atom stereocenters. The van der Waals surface area contributed by atoms with Gasteiger partial charge in [-0.05, 0) is 71.5 Å². The number of aliphatic hydroxyl groups is 1. The molecule has 0 spiro atoms. The molecule has 1 aromatic carbocycles. The van der Waals surface area contributed by atoms with Crippen LogP contribution in [0.3, 0.4) is 0 Å². The first-order chi connectivity index (χ1) is 8.18. The van der Waals surface area contributed by atoms with Crippen LogP contribution in [0, 0.1) is 9.39 Å². The monoisotopic (exact) mass is 346 g/mol. The van der Waals surface area contributed by atoms with E-state index in [1.54, 1.807) is 6.07 Å². The zero-order valence-corrected chi connectivity index (χ0v) is 11.8. The van der Waals surface area contributed by atoms with Crippen molar-refractivity contribution in [2.45, 2.75) is 38.2 Å². The van der Waals surface area contributed by atoms with Crippen LogP contribution in [0.25, 0.3) is 0 Å². The molecule has 0 saturated heterocycles. The van der Waals surface area contributed by atoms with Crippen LogP contribution in [0.1, 0.15) is 43.8 Å². The van der Waals surface area contributed by atoms with Crippen LogP contribution in [0.2, 0.25) is 0 Å². The number of aliphatic hydroxyl groups excluding tert-OH is 1. The molecule has 1 aliphatic carbocycles. The molecule has 1 N–H and O–H groups in total. The third kappa shape index (κ3) is 3.28. The molecule has 0 bridgehead atoms. The lowest BCUT2D eigenvalue weighted by Gasteiger charge is -2.16. The van der Waals surface area contributed by atoms with E-state index < -0.39 is 6.10 Å². The van der Waals surface area contributed by atoms with E-state index in [9.17, 15) is 9.50 Å². The lowest BCUT2D eigenvalue weighted by atomic mass is 9.98. The SMILES string of the molecule is OC(C1=CCCCCC1)c1ccc(F)cc1I. The molecule has 0 aromatic heterocycles. The minimum absolute atomic E-state index is 0.250. The van der Waals surface area contributed by atoms with Crippen LogP contribution in [0.4, 0.5) is 4.39 Å². The molecule has 0 heterocycles. The zero-order valence-electron chi connectivity index (χ0n) is 9.63. The molecule has 2 rings (SSSR count). The Morgan fingerprint density at radius 3 is 2.82 bits per heavy atom. The molecule has 1 aromatic rings. The highest BCUT2D eigenvalue weighted by Gasteiger charge is 2.17. The number of hydrogen-bond donors (Lipinski definition) is 1. The van der Waals surface area contributed by atoms with Crippen LogP contribution in [-0.2, 0) is 0 Å². The second-order valence-corrected chi connectivity index (χ2v) is 5.61. The third-order valence-corrected chi connectivity index (χ3v) is 4.12. The largest absolute Gasteiger partial charge is 0.384 e. The summed E-state index contributed by atoms with van der Waals surface area (Å²) in [5.74, 6) is -0.250. The summed E-state index contributed by atoms with van der Waals surface area (Å²) in [5.41, 5.74) is 1.91. The number of hydrogen-bond acceptors (Lipinski definition) is 1. The maximum absolute atomic E-state index is 13.0. The molecule has 1 atom stereocenters. The Balaban J connectivity index is 2.23. The van der Waals surface area contributed by atoms with Crippen molar-refractivity contribution in [1.82, 2.24) is 0 Å². The highest BCUT2D eigenvalue weighted by Crippen LogP contribution is 2.31. The second kappa shape index (κ2) is 5.96. The summed E-state index contributed by atoms with van der Waals surface area (Å²) in [6.07, 6.45) is 7.15. The van der Waals surface area contributed by atoms with Gasteiger partial charge in [-0.15, -0.1) is 0 Å². The van der Waals surface area contributed by atoms with E-state index in [2.05, 4.69) is 28.7 Å². The summed E-state index contributed by atoms with van der Waals surface area (Å²) in [7, 11) is 0. The summed E-state index contributed by atoms with van der Waals surface area (Å²) >= 11 is 2.08. The van der Waals surface area contributed by atoms with Crippen molar-refractivity contribution >= 4 is 22.6 Å². The van der Waals surface area contributed by atoms with Gasteiger partial charge in [-0.2, -0.15) is 0 Å². The Kier molecular flexibility index (Phi) is 4.56. The van der Waals surface area contributed by atoms with Crippen molar-refractivity contribution in [3.05, 3.63) is 44.8 Å². The Labute approximate surface area is 115 Å². The predicted octanol–water partition coefficient (Wildman–Crippen LogP) is 4.35. The molecule has 0 aliphatic heterocycles. The third-order valence-electron chi connectivity index (χ3n) is 3.18. The van der Waals surface area contributed by atoms with E-state index in [1.165, 1.54) is 25.0 Å². The number of benzene rings is 1. The van der Waals surface area contributed by atoms with E-state index in [4.69, 9.17) is 0 Å². The Hall–Kier alpha value is -0.420. The van der Waals surface area contributed by atoms with Crippen molar-refractivity contribution in [1.29, 1.82) is 0 Å². The fourth-order valence-corrected chi connectivity index (χ4v) is 2.98. The van der Waals surface area contributed by atoms with Gasteiger partial charge in [0.1, 0.15) is 11.9 Å². The average molecular weight is 346 g/mol. The molecule has 17 heavy (non-hydrogen) atoms. The highest BCUT2D eigenvalue weighted by atomic mass is 127. The van der Waals surface area contributed by atoms with E-state index in [0.717, 1.165) is 34.0 Å². The predicted molar refractivity (Wildman–Crippen MR) is 75.2 cm³/mol. The molecule has 0 fully saturated rings. The molecule has 0 radical (unpaired) electrons. The quantitative estimate of drug-likeness (QED) is 0.623. The van der Waals surface area contributed by atoms with Gasteiger partial charge in [0.25, 0.3) is 0 Å². The maximum atomic E-state index is 13.0. The molecule has 1 aliphatic rings. The van der Waals surface area contributed by atoms with E-state index >= 15 is 0 Å². The van der Waals surface area contributed by atoms with Gasteiger partial charge in [-0.3, -0.25) is 0 Å². The molecule has 92 valence electrons. The molecular formula is C14H16FIO. The van der Waals surface area contributed by atoms with Gasteiger partial charge >= 0.3 is 0 Å². The van der Waals surface area contributed by atoms with Gasteiger partial charge in [0.05, 0.1) is 0 Å². The fraction of sp³-hybridized carbons (Fsp3) is 0.429. The van der Waals surface area contributed by atoms with Crippen molar-refractivity contribution < 1.29 is 9.50 Å². The molecule has 0 amide bonds. The van der Waals surface area contributed by atoms with Crippen LogP contribution < -0.4 is 0 Å². The normalized spacial score (nSPS) is 18.4. The fourth-order valence-electron chi connectivity index (χ4n) is 2.21. The summed E-state index contributed by atoms with van der Waals surface area (Å²) < 4.78 is 13.8. The summed E-state index contributed by atoms with van der Waals surface area (Å²) in [5, 5.41) is 10.3. The topological polar surface area (TPSA) is 20.2 Å². The van der Waals surface area contributed by atoms with Gasteiger partial charge in [-0.1, -0.05) is 18.6 Å². The smallest absolute Gasteiger partial charge is 0.124 e. The van der Waals surface area contributed by atoms with Crippen LogP contribution in [-0.4, -0.2) is 5.11 Å². The molecule has 3 heteroatoms. The molecular weight excluding hydrogens is 330 g/mol. The highest BCUT2D eigenvalue weighted by molar-refractivity contribution is 14.1. The minimum Gasteiger partial charge on any atom is -0.384 e. The van der Waals surface area contributed by atoms with Crippen LogP contribution in [0.5, 0.6) is 0 Å². The van der Waals surface area contributed by atoms with Crippen molar-refractivity contribution in [3.63, 3.8) is 0 Å². The van der Waals surface area contributed by atoms with Crippen LogP contribution >= 0.6 is 22.6 Å². The number of halogens is 2. The van der Waals surface area contributed by atoms with E-state index in [0.29, 0.717) is 0 Å². The standard InChI is InChI=1S/C14H16FIO/c15-11-7-8-12(13(16)9-11)14(17)10-5-3-1-2-4-6-10/h5,7-9,14,17H,1-4,6H2.